The number of aromatic nitrogens is 2. The third kappa shape index (κ3) is 6.75. The van der Waals surface area contributed by atoms with E-state index in [1.807, 2.05) is 45.9 Å². The largest absolute Gasteiger partial charge is 0.444 e. The van der Waals surface area contributed by atoms with Crippen molar-refractivity contribution in [2.24, 2.45) is 10.7 Å². The third-order valence-corrected chi connectivity index (χ3v) is 7.91. The third-order valence-electron chi connectivity index (χ3n) is 7.91. The number of anilines is 1. The van der Waals surface area contributed by atoms with Gasteiger partial charge in [0.05, 0.1) is 36.1 Å². The number of nitrogens with one attached hydrogen (secondary N) is 1. The molecule has 1 fully saturated rings. The molecular formula is C32H41N7O5. The molecule has 3 aliphatic rings. The minimum Gasteiger partial charge on any atom is -0.444 e. The van der Waals surface area contributed by atoms with E-state index in [0.29, 0.717) is 67.2 Å². The van der Waals surface area contributed by atoms with Crippen LogP contribution in [0.15, 0.2) is 35.0 Å². The summed E-state index contributed by atoms with van der Waals surface area (Å²) in [5.74, 6) is 0.233. The summed E-state index contributed by atoms with van der Waals surface area (Å²) >= 11 is 0. The second kappa shape index (κ2) is 12.4. The van der Waals surface area contributed by atoms with Gasteiger partial charge in [-0.05, 0) is 69.9 Å². The van der Waals surface area contributed by atoms with Crippen LogP contribution in [0.2, 0.25) is 0 Å². The molecule has 234 valence electrons. The second-order valence-corrected chi connectivity index (χ2v) is 12.6. The lowest BCUT2D eigenvalue weighted by molar-refractivity contribution is -0.127. The lowest BCUT2D eigenvalue weighted by Gasteiger charge is -2.31. The van der Waals surface area contributed by atoms with E-state index in [1.54, 1.807) is 22.1 Å². The molecule has 0 radical (unpaired) electrons. The molecule has 0 atom stereocenters. The molecule has 0 spiro atoms. The predicted octanol–water partition coefficient (Wildman–Crippen LogP) is 3.45. The topological polar surface area (TPSA) is 163 Å². The van der Waals surface area contributed by atoms with Crippen LogP contribution in [0.5, 0.6) is 0 Å². The Kier molecular flexibility index (Phi) is 8.73. The van der Waals surface area contributed by atoms with E-state index in [2.05, 4.69) is 15.3 Å². The maximum Gasteiger partial charge on any atom is 0.410 e. The van der Waals surface area contributed by atoms with Crippen LogP contribution >= 0.6 is 0 Å². The average Bonchev–Trinajstić information content (AvgIpc) is 3.79. The Bertz CT molecular complexity index is 1520. The normalized spacial score (nSPS) is 16.9. The van der Waals surface area contributed by atoms with Crippen LogP contribution < -0.4 is 11.1 Å². The lowest BCUT2D eigenvalue weighted by atomic mass is 9.98. The fourth-order valence-electron chi connectivity index (χ4n) is 5.54. The maximum absolute atomic E-state index is 13.6. The first-order chi connectivity index (χ1) is 20.9. The van der Waals surface area contributed by atoms with E-state index in [-0.39, 0.29) is 43.3 Å². The molecule has 44 heavy (non-hydrogen) atoms. The van der Waals surface area contributed by atoms with Gasteiger partial charge in [0.25, 0.3) is 0 Å². The standard InChI is InChI=1S/C32H41N7O5/c1-5-11-38(13-14-40)28(41)21-15-20-6-7-25(36-27(20)37-26(33)17-21)32(9-10-32)29(42)35-23-16-22-19-39(12-8-24(22)34-18-23)30(43)44-31(2,3)4/h6-7,15-16,18,40H,5,8-14,17,19H2,1-4H3,(H,35,42)(H2,33,36,37). The summed E-state index contributed by atoms with van der Waals surface area (Å²) in [6.07, 6.45) is 5.81. The van der Waals surface area contributed by atoms with Gasteiger partial charge in [0.1, 0.15) is 11.4 Å². The van der Waals surface area contributed by atoms with Gasteiger partial charge in [-0.15, -0.1) is 0 Å². The van der Waals surface area contributed by atoms with Crippen molar-refractivity contribution < 1.29 is 24.2 Å². The summed E-state index contributed by atoms with van der Waals surface area (Å²) < 4.78 is 5.53. The quantitative estimate of drug-likeness (QED) is 0.413. The van der Waals surface area contributed by atoms with Crippen molar-refractivity contribution in [1.29, 1.82) is 0 Å². The van der Waals surface area contributed by atoms with Crippen LogP contribution in [0.25, 0.3) is 6.08 Å². The number of amides is 3. The van der Waals surface area contributed by atoms with Gasteiger partial charge in [-0.3, -0.25) is 14.6 Å². The van der Waals surface area contributed by atoms with Gasteiger partial charge in [0, 0.05) is 49.3 Å². The van der Waals surface area contributed by atoms with Crippen LogP contribution in [0.4, 0.5) is 16.3 Å². The number of rotatable bonds is 8. The van der Waals surface area contributed by atoms with Crippen molar-refractivity contribution in [1.82, 2.24) is 19.8 Å². The molecule has 2 aliphatic heterocycles. The van der Waals surface area contributed by atoms with E-state index < -0.39 is 11.0 Å². The van der Waals surface area contributed by atoms with E-state index in [0.717, 1.165) is 17.7 Å². The number of carbonyl (C=O) groups is 3. The fourth-order valence-corrected chi connectivity index (χ4v) is 5.54. The minimum absolute atomic E-state index is 0.125. The smallest absolute Gasteiger partial charge is 0.410 e. The number of amidine groups is 1. The first kappa shape index (κ1) is 31.1. The number of pyridine rings is 2. The molecule has 0 saturated heterocycles. The Balaban J connectivity index is 1.33. The molecule has 4 N–H and O–H groups in total. The zero-order valence-electron chi connectivity index (χ0n) is 25.9. The van der Waals surface area contributed by atoms with E-state index in [4.69, 9.17) is 15.5 Å². The van der Waals surface area contributed by atoms with Gasteiger partial charge < -0.3 is 30.7 Å². The highest BCUT2D eigenvalue weighted by molar-refractivity contribution is 6.05. The number of hydrogen-bond donors (Lipinski definition) is 3. The van der Waals surface area contributed by atoms with Crippen molar-refractivity contribution in [3.8, 4) is 0 Å². The van der Waals surface area contributed by atoms with Crippen LogP contribution in [-0.4, -0.2) is 80.5 Å². The number of nitrogens with two attached hydrogens (primary N) is 1. The number of fused-ring (bicyclic) bond motifs is 2. The summed E-state index contributed by atoms with van der Waals surface area (Å²) in [7, 11) is 0. The van der Waals surface area contributed by atoms with Gasteiger partial charge in [0.2, 0.25) is 11.8 Å². The van der Waals surface area contributed by atoms with Crippen molar-refractivity contribution >= 4 is 41.3 Å². The summed E-state index contributed by atoms with van der Waals surface area (Å²) in [5.41, 5.74) is 8.82. The number of carbonyl (C=O) groups excluding carboxylic acids is 3. The van der Waals surface area contributed by atoms with Gasteiger partial charge >= 0.3 is 6.09 Å². The van der Waals surface area contributed by atoms with Crippen molar-refractivity contribution in [2.75, 3.05) is 31.6 Å². The van der Waals surface area contributed by atoms with Gasteiger partial charge in [0.15, 0.2) is 5.82 Å². The first-order valence-electron chi connectivity index (χ1n) is 15.1. The van der Waals surface area contributed by atoms with Crippen LogP contribution in [0.3, 0.4) is 0 Å². The van der Waals surface area contributed by atoms with Crippen molar-refractivity contribution in [3.63, 3.8) is 0 Å². The number of ether oxygens (including phenoxy) is 1. The Morgan fingerprint density at radius 3 is 2.66 bits per heavy atom. The van der Waals surface area contributed by atoms with Crippen LogP contribution in [-0.2, 0) is 32.7 Å². The Hall–Kier alpha value is -4.32. The number of aliphatic imine (C=N–C) groups is 1. The molecule has 3 amide bonds. The zero-order valence-corrected chi connectivity index (χ0v) is 25.9. The molecule has 5 rings (SSSR count). The number of hydrogen-bond acceptors (Lipinski definition) is 9. The number of aliphatic hydroxyl groups is 1. The maximum atomic E-state index is 13.6. The van der Waals surface area contributed by atoms with E-state index in [1.165, 1.54) is 0 Å². The molecule has 0 aromatic carbocycles. The first-order valence-corrected chi connectivity index (χ1v) is 15.1. The van der Waals surface area contributed by atoms with E-state index >= 15 is 0 Å². The highest BCUT2D eigenvalue weighted by Gasteiger charge is 2.53. The predicted molar refractivity (Wildman–Crippen MR) is 166 cm³/mol. The molecule has 1 aliphatic carbocycles. The molecule has 0 unspecified atom stereocenters. The minimum atomic E-state index is -0.814. The van der Waals surface area contributed by atoms with Gasteiger partial charge in [-0.2, -0.15) is 0 Å². The molecule has 2 aromatic heterocycles. The zero-order chi connectivity index (χ0) is 31.6. The molecule has 0 bridgehead atoms. The number of nitrogens with zero attached hydrogens (tertiary/aromatic N) is 5. The molecule has 4 heterocycles. The molecule has 1 saturated carbocycles. The Labute approximate surface area is 257 Å². The van der Waals surface area contributed by atoms with E-state index in [9.17, 15) is 19.5 Å². The summed E-state index contributed by atoms with van der Waals surface area (Å²) in [4.78, 5) is 56.5. The van der Waals surface area contributed by atoms with Crippen molar-refractivity contribution in [2.45, 2.75) is 77.4 Å². The molecule has 12 heteroatoms. The SMILES string of the molecule is CCCN(CCO)C(=O)C1=Cc2ccc(C3(C(=O)Nc4cnc5c(c4)CN(C(=O)OC(C)(C)C)CC5)CC3)nc2N=C(N)C1. The fraction of sp³-hybridized carbons (Fsp3) is 0.500. The van der Waals surface area contributed by atoms with Crippen molar-refractivity contribution in [3.05, 3.63) is 52.5 Å². The monoisotopic (exact) mass is 603 g/mol. The Morgan fingerprint density at radius 2 is 1.98 bits per heavy atom. The molecule has 2 aromatic rings. The van der Waals surface area contributed by atoms with Crippen LogP contribution in [0, 0.1) is 0 Å². The van der Waals surface area contributed by atoms with Gasteiger partial charge in [-0.1, -0.05) is 6.92 Å². The average molecular weight is 604 g/mol. The number of aliphatic hydroxyl groups excluding tert-OH is 1. The lowest BCUT2D eigenvalue weighted by Crippen LogP contribution is -2.40. The summed E-state index contributed by atoms with van der Waals surface area (Å²) in [6, 6.07) is 5.49. The Morgan fingerprint density at radius 1 is 1.20 bits per heavy atom. The second-order valence-electron chi connectivity index (χ2n) is 12.6. The van der Waals surface area contributed by atoms with Crippen LogP contribution in [0.1, 0.15) is 75.9 Å². The highest BCUT2D eigenvalue weighted by Crippen LogP contribution is 2.49. The summed E-state index contributed by atoms with van der Waals surface area (Å²) in [6.45, 7) is 9.00. The van der Waals surface area contributed by atoms with Gasteiger partial charge in [-0.25, -0.2) is 14.8 Å². The highest BCUT2D eigenvalue weighted by atomic mass is 16.6. The summed E-state index contributed by atoms with van der Waals surface area (Å²) in [5, 5.41) is 12.4. The molecule has 12 nitrogen and oxygen atoms in total. The molecular weight excluding hydrogens is 562 g/mol.